The number of furan rings is 1. The fourth-order valence-electron chi connectivity index (χ4n) is 3.06. The molecule has 2 heterocycles. The van der Waals surface area contributed by atoms with Crippen molar-refractivity contribution < 1.29 is 14.0 Å². The van der Waals surface area contributed by atoms with Crippen molar-refractivity contribution in [2.75, 3.05) is 6.54 Å². The molecule has 28 heavy (non-hydrogen) atoms. The van der Waals surface area contributed by atoms with Crippen LogP contribution >= 0.6 is 0 Å². The number of nitrogens with one attached hydrogen (secondary N) is 3. The lowest BCUT2D eigenvalue weighted by molar-refractivity contribution is -0.122. The lowest BCUT2D eigenvalue weighted by Crippen LogP contribution is -2.31. The average Bonchev–Trinajstić information content (AvgIpc) is 3.33. The first-order chi connectivity index (χ1) is 13.5. The van der Waals surface area contributed by atoms with E-state index in [0.717, 1.165) is 23.3 Å². The normalized spacial score (nSPS) is 12.2. The van der Waals surface area contributed by atoms with Crippen molar-refractivity contribution in [3.63, 3.8) is 0 Å². The van der Waals surface area contributed by atoms with E-state index in [-0.39, 0.29) is 23.6 Å². The van der Waals surface area contributed by atoms with Crippen LogP contribution in [0, 0.1) is 5.92 Å². The van der Waals surface area contributed by atoms with Crippen LogP contribution in [0.2, 0.25) is 0 Å². The SMILES string of the molecule is CC(C)CC(NC(=O)CCCNC(=O)c1ccco1)c1nc2ccccc2[nH]1. The Bertz CT molecular complexity index is 882. The molecule has 2 aromatic heterocycles. The van der Waals surface area contributed by atoms with Crippen LogP contribution in [0.1, 0.15) is 55.5 Å². The van der Waals surface area contributed by atoms with E-state index < -0.39 is 0 Å². The summed E-state index contributed by atoms with van der Waals surface area (Å²) in [5, 5.41) is 5.82. The van der Waals surface area contributed by atoms with E-state index in [1.165, 1.54) is 6.26 Å². The predicted octanol–water partition coefficient (Wildman–Crippen LogP) is 3.57. The van der Waals surface area contributed by atoms with Crippen molar-refractivity contribution in [3.05, 3.63) is 54.2 Å². The number of nitrogens with zero attached hydrogens (tertiary/aromatic N) is 1. The number of hydrogen-bond donors (Lipinski definition) is 3. The molecular formula is C21H26N4O3. The van der Waals surface area contributed by atoms with E-state index in [1.807, 2.05) is 24.3 Å². The molecule has 0 aliphatic heterocycles. The number of hydrogen-bond acceptors (Lipinski definition) is 4. The topological polar surface area (TPSA) is 100 Å². The quantitative estimate of drug-likeness (QED) is 0.493. The molecule has 2 amide bonds. The van der Waals surface area contributed by atoms with E-state index in [0.29, 0.717) is 25.3 Å². The minimum Gasteiger partial charge on any atom is -0.459 e. The van der Waals surface area contributed by atoms with Crippen molar-refractivity contribution >= 4 is 22.8 Å². The summed E-state index contributed by atoms with van der Waals surface area (Å²) in [7, 11) is 0. The van der Waals surface area contributed by atoms with Crippen LogP contribution in [0.15, 0.2) is 47.1 Å². The van der Waals surface area contributed by atoms with Crippen molar-refractivity contribution in [2.24, 2.45) is 5.92 Å². The standard InChI is InChI=1S/C21H26N4O3/c1-14(2)13-17(20-24-15-7-3-4-8-16(15)25-20)23-19(26)10-5-11-22-21(27)18-9-6-12-28-18/h3-4,6-9,12,14,17H,5,10-11,13H2,1-2H3,(H,22,27)(H,23,26)(H,24,25). The van der Waals surface area contributed by atoms with Gasteiger partial charge in [-0.3, -0.25) is 9.59 Å². The first-order valence-electron chi connectivity index (χ1n) is 9.58. The summed E-state index contributed by atoms with van der Waals surface area (Å²) in [6.45, 7) is 4.64. The first kappa shape index (κ1) is 19.7. The zero-order valence-electron chi connectivity index (χ0n) is 16.2. The molecule has 0 saturated carbocycles. The number of aromatic nitrogens is 2. The number of para-hydroxylation sites is 2. The molecule has 3 N–H and O–H groups in total. The van der Waals surface area contributed by atoms with Gasteiger partial charge in [-0.15, -0.1) is 0 Å². The van der Waals surface area contributed by atoms with E-state index in [2.05, 4.69) is 34.4 Å². The van der Waals surface area contributed by atoms with Gasteiger partial charge in [0.25, 0.3) is 5.91 Å². The van der Waals surface area contributed by atoms with Gasteiger partial charge in [0.1, 0.15) is 5.82 Å². The highest BCUT2D eigenvalue weighted by Gasteiger charge is 2.19. The second-order valence-corrected chi connectivity index (χ2v) is 7.23. The van der Waals surface area contributed by atoms with Crippen LogP contribution in [0.25, 0.3) is 11.0 Å². The van der Waals surface area contributed by atoms with Gasteiger partial charge in [-0.2, -0.15) is 0 Å². The smallest absolute Gasteiger partial charge is 0.286 e. The molecule has 0 radical (unpaired) electrons. The van der Waals surface area contributed by atoms with E-state index in [1.54, 1.807) is 12.1 Å². The minimum atomic E-state index is -0.273. The summed E-state index contributed by atoms with van der Waals surface area (Å²) in [5.74, 6) is 1.12. The Morgan fingerprint density at radius 3 is 2.71 bits per heavy atom. The van der Waals surface area contributed by atoms with Crippen molar-refractivity contribution in [2.45, 2.75) is 39.2 Å². The zero-order chi connectivity index (χ0) is 19.9. The van der Waals surface area contributed by atoms with Crippen LogP contribution in [0.4, 0.5) is 0 Å². The highest BCUT2D eigenvalue weighted by atomic mass is 16.3. The number of fused-ring (bicyclic) bond motifs is 1. The van der Waals surface area contributed by atoms with Gasteiger partial charge in [0, 0.05) is 13.0 Å². The molecule has 1 unspecified atom stereocenters. The second-order valence-electron chi connectivity index (χ2n) is 7.23. The number of H-pyrrole nitrogens is 1. The molecule has 0 aliphatic rings. The third-order valence-electron chi connectivity index (χ3n) is 4.39. The molecule has 0 spiro atoms. The summed E-state index contributed by atoms with van der Waals surface area (Å²) in [5.41, 5.74) is 1.85. The van der Waals surface area contributed by atoms with Gasteiger partial charge < -0.3 is 20.0 Å². The average molecular weight is 382 g/mol. The number of amides is 2. The van der Waals surface area contributed by atoms with E-state index in [9.17, 15) is 9.59 Å². The Balaban J connectivity index is 1.52. The Morgan fingerprint density at radius 2 is 2.00 bits per heavy atom. The molecule has 0 fully saturated rings. The molecular weight excluding hydrogens is 356 g/mol. The van der Waals surface area contributed by atoms with Crippen molar-refractivity contribution in [1.29, 1.82) is 0 Å². The van der Waals surface area contributed by atoms with E-state index >= 15 is 0 Å². The predicted molar refractivity (Wildman–Crippen MR) is 107 cm³/mol. The monoisotopic (exact) mass is 382 g/mol. The molecule has 1 atom stereocenters. The van der Waals surface area contributed by atoms with Gasteiger partial charge in [-0.25, -0.2) is 4.98 Å². The highest BCUT2D eigenvalue weighted by molar-refractivity contribution is 5.91. The summed E-state index contributed by atoms with van der Waals surface area (Å²) in [6.07, 6.45) is 3.12. The third kappa shape index (κ3) is 5.22. The molecule has 0 aliphatic carbocycles. The Hall–Kier alpha value is -3.09. The number of aromatic amines is 1. The summed E-state index contributed by atoms with van der Waals surface area (Å²) in [4.78, 5) is 32.2. The summed E-state index contributed by atoms with van der Waals surface area (Å²) < 4.78 is 5.04. The van der Waals surface area contributed by atoms with Crippen molar-refractivity contribution in [3.8, 4) is 0 Å². The van der Waals surface area contributed by atoms with Gasteiger partial charge in [-0.05, 0) is 43.0 Å². The largest absolute Gasteiger partial charge is 0.459 e. The van der Waals surface area contributed by atoms with Gasteiger partial charge >= 0.3 is 0 Å². The summed E-state index contributed by atoms with van der Waals surface area (Å²) in [6, 6.07) is 10.9. The van der Waals surface area contributed by atoms with Crippen LogP contribution < -0.4 is 10.6 Å². The number of rotatable bonds is 9. The number of carbonyl (C=O) groups is 2. The van der Waals surface area contributed by atoms with Crippen molar-refractivity contribution in [1.82, 2.24) is 20.6 Å². The van der Waals surface area contributed by atoms with E-state index in [4.69, 9.17) is 4.42 Å². The maximum Gasteiger partial charge on any atom is 0.286 e. The number of benzene rings is 1. The lowest BCUT2D eigenvalue weighted by Gasteiger charge is -2.18. The molecule has 7 heteroatoms. The number of carbonyl (C=O) groups excluding carboxylic acids is 2. The molecule has 148 valence electrons. The number of imidazole rings is 1. The van der Waals surface area contributed by atoms with Crippen LogP contribution in [-0.2, 0) is 4.79 Å². The molecule has 7 nitrogen and oxygen atoms in total. The van der Waals surface area contributed by atoms with Gasteiger partial charge in [-0.1, -0.05) is 26.0 Å². The fraction of sp³-hybridized carbons (Fsp3) is 0.381. The molecule has 3 aromatic rings. The third-order valence-corrected chi connectivity index (χ3v) is 4.39. The fourth-order valence-corrected chi connectivity index (χ4v) is 3.06. The Labute approximate surface area is 163 Å². The minimum absolute atomic E-state index is 0.0571. The van der Waals surface area contributed by atoms with Gasteiger partial charge in [0.15, 0.2) is 5.76 Å². The van der Waals surface area contributed by atoms with Crippen LogP contribution in [0.3, 0.4) is 0 Å². The van der Waals surface area contributed by atoms with Gasteiger partial charge in [0.2, 0.25) is 5.91 Å². The Morgan fingerprint density at radius 1 is 1.18 bits per heavy atom. The maximum atomic E-state index is 12.4. The Kier molecular flexibility index (Phi) is 6.47. The molecule has 3 rings (SSSR count). The van der Waals surface area contributed by atoms with Crippen LogP contribution in [0.5, 0.6) is 0 Å². The highest BCUT2D eigenvalue weighted by Crippen LogP contribution is 2.22. The zero-order valence-corrected chi connectivity index (χ0v) is 16.2. The lowest BCUT2D eigenvalue weighted by atomic mass is 10.0. The molecule has 1 aromatic carbocycles. The van der Waals surface area contributed by atoms with Crippen LogP contribution in [-0.4, -0.2) is 28.3 Å². The van der Waals surface area contributed by atoms with Gasteiger partial charge in [0.05, 0.1) is 23.3 Å². The first-order valence-corrected chi connectivity index (χ1v) is 9.58. The molecule has 0 saturated heterocycles. The summed E-state index contributed by atoms with van der Waals surface area (Å²) >= 11 is 0. The maximum absolute atomic E-state index is 12.4. The molecule has 0 bridgehead atoms. The second kappa shape index (κ2) is 9.21.